The van der Waals surface area contributed by atoms with Crippen molar-refractivity contribution in [2.45, 2.75) is 24.9 Å². The van der Waals surface area contributed by atoms with Gasteiger partial charge in [0.25, 0.3) is 0 Å². The Morgan fingerprint density at radius 1 is 1.03 bits per heavy atom. The van der Waals surface area contributed by atoms with Crippen molar-refractivity contribution < 1.29 is 19.1 Å². The second-order valence-corrected chi connectivity index (χ2v) is 10.9. The number of aromatic nitrogens is 1. The number of fused-ring (bicyclic) bond motifs is 5. The summed E-state index contributed by atoms with van der Waals surface area (Å²) in [6.45, 7) is 1.87. The first kappa shape index (κ1) is 23.9. The van der Waals surface area contributed by atoms with E-state index in [1.807, 2.05) is 37.4 Å². The van der Waals surface area contributed by atoms with E-state index < -0.39 is 29.3 Å². The summed E-state index contributed by atoms with van der Waals surface area (Å²) >= 11 is 6.47. The fraction of sp³-hybridized carbons (Fsp3) is 0.233. The molecule has 0 radical (unpaired) electrons. The van der Waals surface area contributed by atoms with E-state index in [4.69, 9.17) is 16.3 Å². The monoisotopic (exact) mass is 540 g/mol. The van der Waals surface area contributed by atoms with Gasteiger partial charge >= 0.3 is 0 Å². The lowest BCUT2D eigenvalue weighted by Gasteiger charge is -2.29. The Bertz CT molecular complexity index is 1700. The van der Waals surface area contributed by atoms with E-state index in [0.717, 1.165) is 22.0 Å². The molecule has 4 heterocycles. The lowest BCUT2D eigenvalue weighted by Crippen LogP contribution is -2.53. The number of ether oxygens (including phenoxy) is 1. The zero-order valence-electron chi connectivity index (χ0n) is 21.2. The first-order valence-electron chi connectivity index (χ1n) is 12.8. The Labute approximate surface area is 229 Å². The highest BCUT2D eigenvalue weighted by molar-refractivity contribution is 6.31. The summed E-state index contributed by atoms with van der Waals surface area (Å²) in [5, 5.41) is 8.00. The number of para-hydroxylation sites is 1. The number of methoxy groups -OCH3 is 1. The maximum absolute atomic E-state index is 14.2. The van der Waals surface area contributed by atoms with Crippen LogP contribution >= 0.6 is 11.6 Å². The van der Waals surface area contributed by atoms with Gasteiger partial charge in [-0.3, -0.25) is 19.7 Å². The standard InChI is InChI=1S/C30H25ClN4O4/c1-15-11-17(31)13-21-26(15)33-29(38)30(21)25-24(23(34-30)12-16-14-32-22-6-4-3-5-20(16)22)27(36)35(28(25)37)18-7-9-19(39-2)10-8-18/h3-11,13-14,23-25,32,34H,12H2,1-2H3,(H,33,38)/t23-,24-,25+,30-/m1/s1. The van der Waals surface area contributed by atoms with E-state index in [9.17, 15) is 14.4 Å². The number of amides is 3. The van der Waals surface area contributed by atoms with Crippen LogP contribution in [0.15, 0.2) is 66.9 Å². The van der Waals surface area contributed by atoms with Crippen molar-refractivity contribution in [1.82, 2.24) is 10.3 Å². The normalized spacial score (nSPS) is 25.5. The van der Waals surface area contributed by atoms with Crippen LogP contribution in [0.1, 0.15) is 16.7 Å². The summed E-state index contributed by atoms with van der Waals surface area (Å²) in [5.41, 5.74) is 3.03. The summed E-state index contributed by atoms with van der Waals surface area (Å²) in [4.78, 5) is 46.7. The van der Waals surface area contributed by atoms with Gasteiger partial charge in [0.1, 0.15) is 11.3 Å². The average molecular weight is 541 g/mol. The van der Waals surface area contributed by atoms with Crippen LogP contribution in [0.3, 0.4) is 0 Å². The van der Waals surface area contributed by atoms with E-state index in [2.05, 4.69) is 15.6 Å². The van der Waals surface area contributed by atoms with Crippen LogP contribution < -0.4 is 20.3 Å². The Kier molecular flexibility index (Phi) is 5.17. The number of rotatable bonds is 4. The van der Waals surface area contributed by atoms with E-state index in [-0.39, 0.29) is 11.8 Å². The van der Waals surface area contributed by atoms with E-state index in [1.54, 1.807) is 43.5 Å². The number of nitrogens with zero attached hydrogens (tertiary/aromatic N) is 1. The predicted molar refractivity (Wildman–Crippen MR) is 148 cm³/mol. The number of carbonyl (C=O) groups is 3. The van der Waals surface area contributed by atoms with Gasteiger partial charge in [-0.05, 0) is 66.9 Å². The third kappa shape index (κ3) is 3.25. The number of hydrogen-bond donors (Lipinski definition) is 3. The minimum atomic E-state index is -1.43. The molecule has 9 heteroatoms. The van der Waals surface area contributed by atoms with Gasteiger partial charge in [-0.2, -0.15) is 0 Å². The number of anilines is 2. The Balaban J connectivity index is 1.38. The molecule has 3 aliphatic rings. The molecule has 3 amide bonds. The molecule has 2 saturated heterocycles. The minimum Gasteiger partial charge on any atom is -0.497 e. The number of aromatic amines is 1. The molecular weight excluding hydrogens is 516 g/mol. The molecule has 3 N–H and O–H groups in total. The topological polar surface area (TPSA) is 104 Å². The van der Waals surface area contributed by atoms with E-state index in [1.165, 1.54) is 4.90 Å². The van der Waals surface area contributed by atoms with Gasteiger partial charge in [-0.1, -0.05) is 29.8 Å². The molecule has 2 fully saturated rings. The van der Waals surface area contributed by atoms with Gasteiger partial charge in [0.05, 0.1) is 24.6 Å². The number of aryl methyl sites for hydroxylation is 1. The third-order valence-electron chi connectivity index (χ3n) is 8.43. The molecule has 4 aromatic rings. The van der Waals surface area contributed by atoms with Crippen LogP contribution in [0.2, 0.25) is 5.02 Å². The first-order valence-corrected chi connectivity index (χ1v) is 13.2. The molecule has 0 bridgehead atoms. The number of benzene rings is 3. The lowest BCUT2D eigenvalue weighted by molar-refractivity contribution is -0.130. The molecule has 7 rings (SSSR count). The fourth-order valence-corrected chi connectivity index (χ4v) is 7.00. The molecule has 0 unspecified atom stereocenters. The number of nitrogens with one attached hydrogen (secondary N) is 3. The molecule has 1 aromatic heterocycles. The maximum Gasteiger partial charge on any atom is 0.250 e. The van der Waals surface area contributed by atoms with E-state index in [0.29, 0.717) is 34.1 Å². The number of imide groups is 1. The molecule has 3 aromatic carbocycles. The number of hydrogen-bond acceptors (Lipinski definition) is 5. The van der Waals surface area contributed by atoms with Gasteiger partial charge in [0, 0.05) is 39.4 Å². The molecule has 1 spiro atoms. The maximum atomic E-state index is 14.2. The summed E-state index contributed by atoms with van der Waals surface area (Å²) in [7, 11) is 1.56. The van der Waals surface area contributed by atoms with Crippen molar-refractivity contribution in [3.63, 3.8) is 0 Å². The predicted octanol–water partition coefficient (Wildman–Crippen LogP) is 4.31. The number of carbonyl (C=O) groups excluding carboxylic acids is 3. The Hall–Kier alpha value is -4.14. The molecular formula is C30H25ClN4O4. The SMILES string of the molecule is COc1ccc(N2C(=O)[C@H]3[C@@H](C2=O)[C@@]2(N[C@@H]3Cc3c[nH]c4ccccc34)C(=O)Nc3c(C)cc(Cl)cc32)cc1. The molecule has 0 saturated carbocycles. The van der Waals surface area contributed by atoms with Crippen LogP contribution in [-0.2, 0) is 26.3 Å². The minimum absolute atomic E-state index is 0.329. The zero-order valence-corrected chi connectivity index (χ0v) is 22.0. The molecule has 8 nitrogen and oxygen atoms in total. The highest BCUT2D eigenvalue weighted by atomic mass is 35.5. The van der Waals surface area contributed by atoms with Crippen LogP contribution in [0.25, 0.3) is 10.9 Å². The van der Waals surface area contributed by atoms with Crippen molar-refractivity contribution in [3.8, 4) is 5.75 Å². The Morgan fingerprint density at radius 3 is 2.56 bits per heavy atom. The molecule has 39 heavy (non-hydrogen) atoms. The van der Waals surface area contributed by atoms with Crippen LogP contribution in [0.4, 0.5) is 11.4 Å². The number of halogens is 1. The largest absolute Gasteiger partial charge is 0.497 e. The van der Waals surface area contributed by atoms with Crippen molar-refractivity contribution in [3.05, 3.63) is 88.6 Å². The summed E-state index contributed by atoms with van der Waals surface area (Å²) in [6, 6.07) is 17.8. The van der Waals surface area contributed by atoms with Gasteiger partial charge in [-0.15, -0.1) is 0 Å². The average Bonchev–Trinajstić information content (AvgIpc) is 3.64. The van der Waals surface area contributed by atoms with Crippen molar-refractivity contribution in [2.24, 2.45) is 11.8 Å². The zero-order chi connectivity index (χ0) is 27.1. The van der Waals surface area contributed by atoms with Crippen molar-refractivity contribution in [1.29, 1.82) is 0 Å². The van der Waals surface area contributed by atoms with Gasteiger partial charge in [0.15, 0.2) is 0 Å². The quantitative estimate of drug-likeness (QED) is 0.335. The highest BCUT2D eigenvalue weighted by Crippen LogP contribution is 2.55. The van der Waals surface area contributed by atoms with Crippen LogP contribution in [0, 0.1) is 18.8 Å². The van der Waals surface area contributed by atoms with Gasteiger partial charge < -0.3 is 15.0 Å². The smallest absolute Gasteiger partial charge is 0.250 e. The van der Waals surface area contributed by atoms with Crippen LogP contribution in [-0.4, -0.2) is 35.9 Å². The summed E-state index contributed by atoms with van der Waals surface area (Å²) in [6.07, 6.45) is 2.38. The second-order valence-electron chi connectivity index (χ2n) is 10.4. The molecule has 3 aliphatic heterocycles. The van der Waals surface area contributed by atoms with Gasteiger partial charge in [0.2, 0.25) is 17.7 Å². The van der Waals surface area contributed by atoms with Gasteiger partial charge in [-0.25, -0.2) is 4.90 Å². The molecule has 0 aliphatic carbocycles. The third-order valence-corrected chi connectivity index (χ3v) is 8.65. The summed E-state index contributed by atoms with van der Waals surface area (Å²) < 4.78 is 5.26. The first-order chi connectivity index (χ1) is 18.8. The molecule has 196 valence electrons. The lowest BCUT2D eigenvalue weighted by atomic mass is 9.76. The molecule has 4 atom stereocenters. The fourth-order valence-electron chi connectivity index (χ4n) is 6.73. The summed E-state index contributed by atoms with van der Waals surface area (Å²) in [5.74, 6) is -2.18. The van der Waals surface area contributed by atoms with E-state index >= 15 is 0 Å². The van der Waals surface area contributed by atoms with Crippen molar-refractivity contribution >= 4 is 51.6 Å². The van der Waals surface area contributed by atoms with Crippen LogP contribution in [0.5, 0.6) is 5.75 Å². The Morgan fingerprint density at radius 2 is 1.79 bits per heavy atom. The second kappa shape index (κ2) is 8.43. The van der Waals surface area contributed by atoms with Crippen molar-refractivity contribution in [2.75, 3.05) is 17.3 Å². The highest BCUT2D eigenvalue weighted by Gasteiger charge is 2.70. The number of H-pyrrole nitrogens is 1.